The molecule has 18 heavy (non-hydrogen) atoms. The molecule has 1 nitrogen and oxygen atoms in total. The fourth-order valence-corrected chi connectivity index (χ4v) is 4.12. The summed E-state index contributed by atoms with van der Waals surface area (Å²) in [4.78, 5) is 4.46. The molecule has 0 bridgehead atoms. The van der Waals surface area contributed by atoms with Crippen molar-refractivity contribution in [3.63, 3.8) is 0 Å². The minimum atomic E-state index is 0.581. The van der Waals surface area contributed by atoms with Gasteiger partial charge in [0.25, 0.3) is 0 Å². The van der Waals surface area contributed by atoms with E-state index in [-0.39, 0.29) is 0 Å². The van der Waals surface area contributed by atoms with Crippen molar-refractivity contribution >= 4 is 22.7 Å². The molecule has 3 rings (SSSR count). The Hall–Kier alpha value is -0.640. The van der Waals surface area contributed by atoms with E-state index in [0.717, 1.165) is 18.9 Å². The molecule has 3 heteroatoms. The Morgan fingerprint density at radius 3 is 2.72 bits per heavy atom. The number of nitrogens with one attached hydrogen (secondary N) is 1. The first-order chi connectivity index (χ1) is 8.86. The lowest BCUT2D eigenvalue weighted by molar-refractivity contribution is 0.490. The second-order valence-electron chi connectivity index (χ2n) is 4.93. The van der Waals surface area contributed by atoms with Crippen LogP contribution in [0.1, 0.15) is 40.4 Å². The second kappa shape index (κ2) is 5.55. The third-order valence-corrected chi connectivity index (χ3v) is 5.69. The predicted molar refractivity (Wildman–Crippen MR) is 80.3 cm³/mol. The molecule has 0 amide bonds. The Morgan fingerprint density at radius 2 is 2.11 bits per heavy atom. The number of aryl methyl sites for hydroxylation is 1. The van der Waals surface area contributed by atoms with Crippen LogP contribution in [0, 0.1) is 5.92 Å². The molecule has 0 spiro atoms. The SMILES string of the molecule is CCc1ccc(CNC(c2cccs2)C2CC2)s1. The summed E-state index contributed by atoms with van der Waals surface area (Å²) < 4.78 is 0. The van der Waals surface area contributed by atoms with E-state index >= 15 is 0 Å². The zero-order valence-corrected chi connectivity index (χ0v) is 12.3. The Kier molecular flexibility index (Phi) is 3.83. The minimum Gasteiger partial charge on any atom is -0.304 e. The summed E-state index contributed by atoms with van der Waals surface area (Å²) in [5, 5.41) is 5.95. The summed E-state index contributed by atoms with van der Waals surface area (Å²) in [5.41, 5.74) is 0. The van der Waals surface area contributed by atoms with Crippen LogP contribution < -0.4 is 5.32 Å². The van der Waals surface area contributed by atoms with Crippen LogP contribution in [0.25, 0.3) is 0 Å². The van der Waals surface area contributed by atoms with E-state index in [0.29, 0.717) is 6.04 Å². The lowest BCUT2D eigenvalue weighted by Crippen LogP contribution is -2.21. The molecule has 96 valence electrons. The summed E-state index contributed by atoms with van der Waals surface area (Å²) in [6.07, 6.45) is 3.93. The first kappa shape index (κ1) is 12.4. The van der Waals surface area contributed by atoms with Gasteiger partial charge in [-0.15, -0.1) is 22.7 Å². The smallest absolute Gasteiger partial charge is 0.0446 e. The summed E-state index contributed by atoms with van der Waals surface area (Å²) in [6, 6.07) is 9.55. The van der Waals surface area contributed by atoms with Crippen molar-refractivity contribution in [1.82, 2.24) is 5.32 Å². The van der Waals surface area contributed by atoms with E-state index in [1.165, 1.54) is 27.5 Å². The maximum Gasteiger partial charge on any atom is 0.0446 e. The van der Waals surface area contributed by atoms with E-state index in [1.54, 1.807) is 0 Å². The van der Waals surface area contributed by atoms with E-state index in [2.05, 4.69) is 41.9 Å². The quantitative estimate of drug-likeness (QED) is 0.813. The van der Waals surface area contributed by atoms with Gasteiger partial charge < -0.3 is 5.32 Å². The van der Waals surface area contributed by atoms with Crippen LogP contribution in [-0.4, -0.2) is 0 Å². The monoisotopic (exact) mass is 277 g/mol. The largest absolute Gasteiger partial charge is 0.304 e. The van der Waals surface area contributed by atoms with Gasteiger partial charge in [0.05, 0.1) is 0 Å². The fraction of sp³-hybridized carbons (Fsp3) is 0.467. The molecule has 0 saturated heterocycles. The van der Waals surface area contributed by atoms with E-state index < -0.39 is 0 Å². The van der Waals surface area contributed by atoms with Gasteiger partial charge in [-0.2, -0.15) is 0 Å². The van der Waals surface area contributed by atoms with Gasteiger partial charge in [0.15, 0.2) is 0 Å². The Morgan fingerprint density at radius 1 is 1.28 bits per heavy atom. The van der Waals surface area contributed by atoms with Gasteiger partial charge in [-0.25, -0.2) is 0 Å². The molecule has 0 radical (unpaired) electrons. The van der Waals surface area contributed by atoms with Crippen molar-refractivity contribution in [2.24, 2.45) is 5.92 Å². The zero-order valence-electron chi connectivity index (χ0n) is 10.7. The highest BCUT2D eigenvalue weighted by atomic mass is 32.1. The average Bonchev–Trinajstić information content (AvgIpc) is 2.92. The molecule has 2 aromatic heterocycles. The zero-order chi connectivity index (χ0) is 12.4. The summed E-state index contributed by atoms with van der Waals surface area (Å²) in [6.45, 7) is 3.24. The van der Waals surface area contributed by atoms with Crippen molar-refractivity contribution in [2.75, 3.05) is 0 Å². The lowest BCUT2D eigenvalue weighted by Gasteiger charge is -2.16. The van der Waals surface area contributed by atoms with Crippen LogP contribution in [0.15, 0.2) is 29.6 Å². The fourth-order valence-electron chi connectivity index (χ4n) is 2.32. The number of hydrogen-bond donors (Lipinski definition) is 1. The number of rotatable bonds is 6. The van der Waals surface area contributed by atoms with Gasteiger partial charge in [-0.05, 0) is 48.8 Å². The molecular weight excluding hydrogens is 258 g/mol. The molecule has 1 N–H and O–H groups in total. The van der Waals surface area contributed by atoms with Gasteiger partial charge in [-0.1, -0.05) is 13.0 Å². The molecule has 1 aliphatic carbocycles. The maximum atomic E-state index is 3.76. The third-order valence-electron chi connectivity index (χ3n) is 3.51. The standard InChI is InChI=1S/C15H19NS2/c1-2-12-7-8-13(18-12)10-16-15(11-5-6-11)14-4-3-9-17-14/h3-4,7-9,11,15-16H,2,5-6,10H2,1H3. The molecular formula is C15H19NS2. The highest BCUT2D eigenvalue weighted by molar-refractivity contribution is 7.12. The van der Waals surface area contributed by atoms with Crippen LogP contribution >= 0.6 is 22.7 Å². The summed E-state index contributed by atoms with van der Waals surface area (Å²) >= 11 is 3.83. The highest BCUT2D eigenvalue weighted by Crippen LogP contribution is 2.42. The van der Waals surface area contributed by atoms with Gasteiger partial charge in [0.2, 0.25) is 0 Å². The molecule has 0 aromatic carbocycles. The number of hydrogen-bond acceptors (Lipinski definition) is 3. The van der Waals surface area contributed by atoms with Gasteiger partial charge in [0.1, 0.15) is 0 Å². The molecule has 0 aliphatic heterocycles. The number of thiophene rings is 2. The van der Waals surface area contributed by atoms with Crippen LogP contribution in [0.5, 0.6) is 0 Å². The van der Waals surface area contributed by atoms with Crippen molar-refractivity contribution in [2.45, 2.75) is 38.8 Å². The molecule has 2 aromatic rings. The molecule has 1 aliphatic rings. The third kappa shape index (κ3) is 2.85. The highest BCUT2D eigenvalue weighted by Gasteiger charge is 2.32. The summed E-state index contributed by atoms with van der Waals surface area (Å²) in [7, 11) is 0. The van der Waals surface area contributed by atoms with Crippen LogP contribution in [0.2, 0.25) is 0 Å². The second-order valence-corrected chi connectivity index (χ2v) is 7.17. The predicted octanol–water partition coefficient (Wildman–Crippen LogP) is 4.61. The van der Waals surface area contributed by atoms with E-state index in [1.807, 2.05) is 22.7 Å². The molecule has 1 unspecified atom stereocenters. The van der Waals surface area contributed by atoms with Crippen molar-refractivity contribution in [3.05, 3.63) is 44.3 Å². The maximum absolute atomic E-state index is 3.76. The molecule has 2 heterocycles. The Labute approximate surface area is 117 Å². The van der Waals surface area contributed by atoms with Gasteiger partial charge in [-0.3, -0.25) is 0 Å². The topological polar surface area (TPSA) is 12.0 Å². The molecule has 1 fully saturated rings. The molecule has 1 atom stereocenters. The van der Waals surface area contributed by atoms with Crippen LogP contribution in [-0.2, 0) is 13.0 Å². The first-order valence-corrected chi connectivity index (χ1v) is 8.41. The van der Waals surface area contributed by atoms with Gasteiger partial charge in [0, 0.05) is 27.2 Å². The normalized spacial score (nSPS) is 16.9. The Bertz CT molecular complexity index is 482. The van der Waals surface area contributed by atoms with E-state index in [9.17, 15) is 0 Å². The van der Waals surface area contributed by atoms with Crippen molar-refractivity contribution in [3.8, 4) is 0 Å². The Balaban J connectivity index is 1.63. The van der Waals surface area contributed by atoms with Crippen LogP contribution in [0.3, 0.4) is 0 Å². The summed E-state index contributed by atoms with van der Waals surface area (Å²) in [5.74, 6) is 0.870. The van der Waals surface area contributed by atoms with Crippen molar-refractivity contribution in [1.29, 1.82) is 0 Å². The van der Waals surface area contributed by atoms with E-state index in [4.69, 9.17) is 0 Å². The lowest BCUT2D eigenvalue weighted by atomic mass is 10.1. The molecule has 1 saturated carbocycles. The average molecular weight is 277 g/mol. The minimum absolute atomic E-state index is 0.581. The van der Waals surface area contributed by atoms with Crippen molar-refractivity contribution < 1.29 is 0 Å². The first-order valence-electron chi connectivity index (χ1n) is 6.71. The van der Waals surface area contributed by atoms with Gasteiger partial charge >= 0.3 is 0 Å². The van der Waals surface area contributed by atoms with Crippen LogP contribution in [0.4, 0.5) is 0 Å².